The smallest absolute Gasteiger partial charge is 0.198 e. The van der Waals surface area contributed by atoms with Crippen molar-refractivity contribution in [2.45, 2.75) is 32.6 Å². The minimum Gasteiger partial charge on any atom is -0.291 e. The zero-order valence-electron chi connectivity index (χ0n) is 6.73. The third-order valence-electron chi connectivity index (χ3n) is 1.43. The molecule has 0 aliphatic carbocycles. The van der Waals surface area contributed by atoms with Gasteiger partial charge in [-0.25, -0.2) is 0 Å². The third kappa shape index (κ3) is 6.23. The summed E-state index contributed by atoms with van der Waals surface area (Å²) in [7, 11) is 0. The summed E-state index contributed by atoms with van der Waals surface area (Å²) in [6.45, 7) is 1.33. The highest BCUT2D eigenvalue weighted by Gasteiger charge is 2.05. The van der Waals surface area contributed by atoms with Gasteiger partial charge in [0.2, 0.25) is 0 Å². The summed E-state index contributed by atoms with van der Waals surface area (Å²) in [5, 5.41) is 0.973. The minimum absolute atomic E-state index is 0.237. The molecule has 0 aromatic heterocycles. The molecule has 0 aromatic rings. The molecule has 0 saturated carbocycles. The zero-order valence-corrected chi connectivity index (χ0v) is 8.32. The Kier molecular flexibility index (Phi) is 6.42. The third-order valence-corrected chi connectivity index (χ3v) is 1.99. The average Bonchev–Trinajstić information content (AvgIpc) is 1.97. The Balaban J connectivity index is 3.25. The van der Waals surface area contributed by atoms with Gasteiger partial charge in [-0.15, -0.1) is 0 Å². The van der Waals surface area contributed by atoms with E-state index in [2.05, 4.69) is 15.9 Å². The lowest BCUT2D eigenvalue weighted by atomic mass is 10.1. The molecule has 64 valence electrons. The van der Waals surface area contributed by atoms with Crippen molar-refractivity contribution < 1.29 is 9.59 Å². The van der Waals surface area contributed by atoms with Crippen LogP contribution in [0.3, 0.4) is 0 Å². The Hall–Kier alpha value is -0.180. The van der Waals surface area contributed by atoms with Crippen LogP contribution in [-0.4, -0.2) is 16.9 Å². The van der Waals surface area contributed by atoms with Crippen LogP contribution in [0.15, 0.2) is 0 Å². The van der Waals surface area contributed by atoms with E-state index in [9.17, 15) is 9.59 Å². The van der Waals surface area contributed by atoms with Gasteiger partial charge < -0.3 is 0 Å². The number of halogens is 1. The molecule has 0 radical (unpaired) electrons. The highest BCUT2D eigenvalue weighted by molar-refractivity contribution is 9.09. The molecular weight excluding hydrogens is 208 g/mol. The van der Waals surface area contributed by atoms with Crippen molar-refractivity contribution in [3.05, 3.63) is 0 Å². The van der Waals surface area contributed by atoms with Crippen LogP contribution in [0.25, 0.3) is 0 Å². The Morgan fingerprint density at radius 1 is 1.18 bits per heavy atom. The van der Waals surface area contributed by atoms with Gasteiger partial charge in [0, 0.05) is 18.7 Å². The molecule has 2 nitrogen and oxygen atoms in total. The first-order valence-corrected chi connectivity index (χ1v) is 4.90. The summed E-state index contributed by atoms with van der Waals surface area (Å²) in [6, 6.07) is 0. The van der Waals surface area contributed by atoms with Gasteiger partial charge in [-0.05, 0) is 12.8 Å². The van der Waals surface area contributed by atoms with Gasteiger partial charge in [-0.3, -0.25) is 9.59 Å². The number of Topliss-reactive ketones (excluding diaryl/α,β-unsaturated/α-hetero) is 2. The monoisotopic (exact) mass is 220 g/mol. The molecule has 0 rings (SSSR count). The number of hydrogen-bond acceptors (Lipinski definition) is 2. The fraction of sp³-hybridized carbons (Fsp3) is 0.750. The van der Waals surface area contributed by atoms with Gasteiger partial charge in [0.1, 0.15) is 0 Å². The largest absolute Gasteiger partial charge is 0.291 e. The van der Waals surface area contributed by atoms with Crippen LogP contribution in [0.5, 0.6) is 0 Å². The first-order chi connectivity index (χ1) is 5.18. The van der Waals surface area contributed by atoms with Gasteiger partial charge in [0.25, 0.3) is 0 Å². The molecule has 0 unspecified atom stereocenters. The summed E-state index contributed by atoms with van der Waals surface area (Å²) in [5.41, 5.74) is 0. The molecular formula is C8H13BrO2. The number of ketones is 2. The second kappa shape index (κ2) is 6.53. The Bertz CT molecular complexity index is 143. The molecule has 0 saturated heterocycles. The fourth-order valence-corrected chi connectivity index (χ4v) is 1.13. The van der Waals surface area contributed by atoms with E-state index in [4.69, 9.17) is 0 Å². The van der Waals surface area contributed by atoms with Crippen LogP contribution < -0.4 is 0 Å². The van der Waals surface area contributed by atoms with Gasteiger partial charge in [0.05, 0.1) is 0 Å². The quantitative estimate of drug-likeness (QED) is 0.391. The summed E-state index contributed by atoms with van der Waals surface area (Å²) >= 11 is 3.29. The van der Waals surface area contributed by atoms with E-state index < -0.39 is 0 Å². The van der Waals surface area contributed by atoms with Crippen molar-refractivity contribution in [2.75, 3.05) is 5.33 Å². The van der Waals surface area contributed by atoms with Gasteiger partial charge in [-0.2, -0.15) is 0 Å². The topological polar surface area (TPSA) is 34.1 Å². The summed E-state index contributed by atoms with van der Waals surface area (Å²) in [5.74, 6) is -0.552. The maximum absolute atomic E-state index is 10.7. The molecule has 0 spiro atoms. The van der Waals surface area contributed by atoms with Crippen LogP contribution in [0.1, 0.15) is 32.6 Å². The second-order valence-electron chi connectivity index (χ2n) is 2.48. The molecule has 0 N–H and O–H groups in total. The second-order valence-corrected chi connectivity index (χ2v) is 3.27. The molecule has 11 heavy (non-hydrogen) atoms. The van der Waals surface area contributed by atoms with Crippen LogP contribution in [0, 0.1) is 0 Å². The molecule has 0 bridgehead atoms. The summed E-state index contributed by atoms with van der Waals surface area (Å²) in [6.07, 6.45) is 3.35. The molecule has 0 amide bonds. The Labute approximate surface area is 75.5 Å². The molecule has 0 aliphatic rings. The molecule has 0 fully saturated rings. The normalized spacial score (nSPS) is 9.64. The van der Waals surface area contributed by atoms with E-state index in [-0.39, 0.29) is 11.6 Å². The van der Waals surface area contributed by atoms with Crippen molar-refractivity contribution in [1.82, 2.24) is 0 Å². The predicted molar refractivity (Wildman–Crippen MR) is 48.0 cm³/mol. The molecule has 0 atom stereocenters. The minimum atomic E-state index is -0.316. The molecule has 0 heterocycles. The number of rotatable bonds is 6. The maximum Gasteiger partial charge on any atom is 0.198 e. The highest BCUT2D eigenvalue weighted by atomic mass is 79.9. The lowest BCUT2D eigenvalue weighted by molar-refractivity contribution is -0.135. The van der Waals surface area contributed by atoms with Crippen LogP contribution >= 0.6 is 15.9 Å². The molecule has 0 aromatic carbocycles. The summed E-state index contributed by atoms with van der Waals surface area (Å²) in [4.78, 5) is 21.2. The number of unbranched alkanes of at least 4 members (excludes halogenated alkanes) is 2. The van der Waals surface area contributed by atoms with Crippen molar-refractivity contribution in [3.8, 4) is 0 Å². The lowest BCUT2D eigenvalue weighted by Gasteiger charge is -1.95. The van der Waals surface area contributed by atoms with Gasteiger partial charge in [0.15, 0.2) is 11.6 Å². The van der Waals surface area contributed by atoms with E-state index >= 15 is 0 Å². The highest BCUT2D eigenvalue weighted by Crippen LogP contribution is 2.02. The van der Waals surface area contributed by atoms with E-state index in [0.717, 1.165) is 24.6 Å². The van der Waals surface area contributed by atoms with Gasteiger partial charge in [-0.1, -0.05) is 22.4 Å². The van der Waals surface area contributed by atoms with Crippen molar-refractivity contribution in [1.29, 1.82) is 0 Å². The predicted octanol–water partition coefficient (Wildman–Crippen LogP) is 2.10. The molecule has 0 aliphatic heterocycles. The SMILES string of the molecule is CC(=O)C(=O)CCCCCBr. The van der Waals surface area contributed by atoms with E-state index in [1.807, 2.05) is 0 Å². The van der Waals surface area contributed by atoms with Crippen LogP contribution in [0.4, 0.5) is 0 Å². The standard InChI is InChI=1S/C8H13BrO2/c1-7(10)8(11)5-3-2-4-6-9/h2-6H2,1H3. The molecule has 3 heteroatoms. The van der Waals surface area contributed by atoms with Crippen LogP contribution in [0.2, 0.25) is 0 Å². The van der Waals surface area contributed by atoms with Crippen molar-refractivity contribution >= 4 is 27.5 Å². The van der Waals surface area contributed by atoms with Crippen LogP contribution in [-0.2, 0) is 9.59 Å². The van der Waals surface area contributed by atoms with Crippen molar-refractivity contribution in [2.24, 2.45) is 0 Å². The van der Waals surface area contributed by atoms with Crippen molar-refractivity contribution in [3.63, 3.8) is 0 Å². The Morgan fingerprint density at radius 3 is 2.27 bits per heavy atom. The van der Waals surface area contributed by atoms with E-state index in [1.165, 1.54) is 6.92 Å². The number of hydrogen-bond donors (Lipinski definition) is 0. The summed E-state index contributed by atoms with van der Waals surface area (Å²) < 4.78 is 0. The first-order valence-electron chi connectivity index (χ1n) is 3.78. The number of carbonyl (C=O) groups is 2. The number of carbonyl (C=O) groups excluding carboxylic acids is 2. The number of alkyl halides is 1. The Morgan fingerprint density at radius 2 is 1.82 bits per heavy atom. The van der Waals surface area contributed by atoms with E-state index in [0.29, 0.717) is 6.42 Å². The average molecular weight is 221 g/mol. The first kappa shape index (κ1) is 10.8. The fourth-order valence-electron chi connectivity index (χ4n) is 0.733. The maximum atomic E-state index is 10.7. The van der Waals surface area contributed by atoms with E-state index in [1.54, 1.807) is 0 Å². The van der Waals surface area contributed by atoms with Gasteiger partial charge >= 0.3 is 0 Å². The lowest BCUT2D eigenvalue weighted by Crippen LogP contribution is -2.08. The zero-order chi connectivity index (χ0) is 8.69.